The summed E-state index contributed by atoms with van der Waals surface area (Å²) in [6.45, 7) is 6.27. The van der Waals surface area contributed by atoms with Crippen LogP contribution in [-0.2, 0) is 13.0 Å². The zero-order valence-electron chi connectivity index (χ0n) is 11.0. The van der Waals surface area contributed by atoms with Crippen LogP contribution < -0.4 is 4.74 Å². The second kappa shape index (κ2) is 6.19. The third-order valence-corrected chi connectivity index (χ3v) is 2.70. The van der Waals surface area contributed by atoms with Crippen LogP contribution >= 0.6 is 0 Å². The lowest BCUT2D eigenvalue weighted by atomic mass is 10.1. The molecule has 0 atom stereocenters. The second-order valence-electron chi connectivity index (χ2n) is 4.70. The fourth-order valence-electron chi connectivity index (χ4n) is 1.89. The van der Waals surface area contributed by atoms with Gasteiger partial charge in [0.15, 0.2) is 0 Å². The fraction of sp³-hybridized carbons (Fsp3) is 0.176. The van der Waals surface area contributed by atoms with Crippen molar-refractivity contribution < 1.29 is 9.13 Å². The Balaban J connectivity index is 2.01. The van der Waals surface area contributed by atoms with E-state index < -0.39 is 0 Å². The Morgan fingerprint density at radius 3 is 2.58 bits per heavy atom. The lowest BCUT2D eigenvalue weighted by Gasteiger charge is -2.08. The summed E-state index contributed by atoms with van der Waals surface area (Å²) in [7, 11) is 0. The van der Waals surface area contributed by atoms with Gasteiger partial charge in [-0.3, -0.25) is 0 Å². The zero-order valence-corrected chi connectivity index (χ0v) is 11.0. The highest BCUT2D eigenvalue weighted by molar-refractivity contribution is 5.31. The number of rotatable bonds is 5. The maximum Gasteiger partial charge on any atom is 0.123 e. The van der Waals surface area contributed by atoms with Gasteiger partial charge in [-0.05, 0) is 48.7 Å². The van der Waals surface area contributed by atoms with Gasteiger partial charge in [0.25, 0.3) is 0 Å². The van der Waals surface area contributed by atoms with Crippen molar-refractivity contribution in [3.8, 4) is 5.75 Å². The minimum absolute atomic E-state index is 0.239. The lowest BCUT2D eigenvalue weighted by molar-refractivity contribution is 0.305. The average Bonchev–Trinajstić information content (AvgIpc) is 2.36. The molecule has 0 saturated carbocycles. The predicted octanol–water partition coefficient (Wildman–Crippen LogP) is 4.52. The molecule has 0 unspecified atom stereocenters. The first-order valence-electron chi connectivity index (χ1n) is 6.24. The van der Waals surface area contributed by atoms with Gasteiger partial charge in [0.1, 0.15) is 18.2 Å². The monoisotopic (exact) mass is 256 g/mol. The van der Waals surface area contributed by atoms with Crippen LogP contribution in [0.5, 0.6) is 5.75 Å². The normalized spacial score (nSPS) is 10.2. The van der Waals surface area contributed by atoms with Crippen molar-refractivity contribution in [2.45, 2.75) is 20.0 Å². The Kier molecular flexibility index (Phi) is 4.35. The number of benzene rings is 2. The number of hydrogen-bond acceptors (Lipinski definition) is 1. The van der Waals surface area contributed by atoms with E-state index in [1.807, 2.05) is 37.3 Å². The molecule has 19 heavy (non-hydrogen) atoms. The van der Waals surface area contributed by atoms with Crippen molar-refractivity contribution >= 4 is 0 Å². The summed E-state index contributed by atoms with van der Waals surface area (Å²) in [6, 6.07) is 14.3. The molecule has 2 rings (SSSR count). The van der Waals surface area contributed by atoms with E-state index in [0.29, 0.717) is 6.61 Å². The molecule has 0 amide bonds. The molecular formula is C17H17FO. The maximum atomic E-state index is 13.0. The Labute approximate surface area is 113 Å². The number of halogens is 1. The van der Waals surface area contributed by atoms with Crippen LogP contribution in [0.4, 0.5) is 4.39 Å². The molecule has 0 aliphatic carbocycles. The molecule has 0 radical (unpaired) electrons. The largest absolute Gasteiger partial charge is 0.489 e. The van der Waals surface area contributed by atoms with E-state index in [0.717, 1.165) is 23.3 Å². The van der Waals surface area contributed by atoms with Gasteiger partial charge in [-0.25, -0.2) is 4.39 Å². The van der Waals surface area contributed by atoms with E-state index in [1.165, 1.54) is 17.7 Å². The molecule has 0 saturated heterocycles. The number of hydrogen-bond donors (Lipinski definition) is 0. The molecule has 0 spiro atoms. The SMILES string of the molecule is C=C(C)Cc1cccc(OCc2cccc(F)c2)c1. The summed E-state index contributed by atoms with van der Waals surface area (Å²) >= 11 is 0. The number of allylic oxidation sites excluding steroid dienone is 1. The summed E-state index contributed by atoms with van der Waals surface area (Å²) in [5.74, 6) is 0.556. The summed E-state index contributed by atoms with van der Waals surface area (Å²) in [4.78, 5) is 0. The van der Waals surface area contributed by atoms with Crippen molar-refractivity contribution in [1.82, 2.24) is 0 Å². The van der Waals surface area contributed by atoms with Crippen LogP contribution in [0.25, 0.3) is 0 Å². The van der Waals surface area contributed by atoms with Crippen LogP contribution in [0.2, 0.25) is 0 Å². The number of ether oxygens (including phenoxy) is 1. The van der Waals surface area contributed by atoms with Crippen molar-refractivity contribution in [2.75, 3.05) is 0 Å². The summed E-state index contributed by atoms with van der Waals surface area (Å²) in [5.41, 5.74) is 3.11. The van der Waals surface area contributed by atoms with Gasteiger partial charge < -0.3 is 4.74 Å². The third-order valence-electron chi connectivity index (χ3n) is 2.70. The first kappa shape index (κ1) is 13.3. The molecule has 0 N–H and O–H groups in total. The van der Waals surface area contributed by atoms with Crippen LogP contribution in [0, 0.1) is 5.82 Å². The summed E-state index contributed by atoms with van der Waals surface area (Å²) < 4.78 is 18.7. The van der Waals surface area contributed by atoms with Crippen LogP contribution in [0.3, 0.4) is 0 Å². The summed E-state index contributed by atoms with van der Waals surface area (Å²) in [5, 5.41) is 0. The van der Waals surface area contributed by atoms with E-state index in [4.69, 9.17) is 4.74 Å². The highest BCUT2D eigenvalue weighted by atomic mass is 19.1. The molecule has 0 aromatic heterocycles. The summed E-state index contributed by atoms with van der Waals surface area (Å²) in [6.07, 6.45) is 0.844. The maximum absolute atomic E-state index is 13.0. The van der Waals surface area contributed by atoms with Crippen molar-refractivity contribution in [3.63, 3.8) is 0 Å². The fourth-order valence-corrected chi connectivity index (χ4v) is 1.89. The molecule has 1 nitrogen and oxygen atoms in total. The molecule has 0 fully saturated rings. The predicted molar refractivity (Wildman–Crippen MR) is 75.7 cm³/mol. The Hall–Kier alpha value is -2.09. The quantitative estimate of drug-likeness (QED) is 0.714. The molecule has 2 aromatic rings. The van der Waals surface area contributed by atoms with Gasteiger partial charge >= 0.3 is 0 Å². The van der Waals surface area contributed by atoms with Gasteiger partial charge in [0.05, 0.1) is 0 Å². The van der Waals surface area contributed by atoms with Crippen LogP contribution in [0.15, 0.2) is 60.7 Å². The van der Waals surface area contributed by atoms with Gasteiger partial charge in [-0.15, -0.1) is 0 Å². The standard InChI is InChI=1S/C17H17FO/c1-13(2)9-14-5-4-8-17(11-14)19-12-15-6-3-7-16(18)10-15/h3-8,10-11H,1,9,12H2,2H3. The van der Waals surface area contributed by atoms with Crippen molar-refractivity contribution in [1.29, 1.82) is 0 Å². The van der Waals surface area contributed by atoms with Gasteiger partial charge in [-0.2, -0.15) is 0 Å². The molecule has 0 heterocycles. The van der Waals surface area contributed by atoms with Gasteiger partial charge in [0, 0.05) is 0 Å². The van der Waals surface area contributed by atoms with E-state index in [1.54, 1.807) is 6.07 Å². The molecule has 2 aromatic carbocycles. The highest BCUT2D eigenvalue weighted by Crippen LogP contribution is 2.17. The smallest absolute Gasteiger partial charge is 0.123 e. The average molecular weight is 256 g/mol. The Morgan fingerprint density at radius 2 is 1.84 bits per heavy atom. The van der Waals surface area contributed by atoms with Gasteiger partial charge in [-0.1, -0.05) is 36.4 Å². The second-order valence-corrected chi connectivity index (χ2v) is 4.70. The first-order chi connectivity index (χ1) is 9.13. The Morgan fingerprint density at radius 1 is 1.11 bits per heavy atom. The van der Waals surface area contributed by atoms with Crippen LogP contribution in [-0.4, -0.2) is 0 Å². The van der Waals surface area contributed by atoms with Gasteiger partial charge in [0.2, 0.25) is 0 Å². The molecular weight excluding hydrogens is 239 g/mol. The van der Waals surface area contributed by atoms with E-state index in [2.05, 4.69) is 6.58 Å². The molecule has 98 valence electrons. The molecule has 0 aliphatic rings. The van der Waals surface area contributed by atoms with E-state index in [9.17, 15) is 4.39 Å². The van der Waals surface area contributed by atoms with E-state index >= 15 is 0 Å². The minimum atomic E-state index is -0.239. The third kappa shape index (κ3) is 4.25. The first-order valence-corrected chi connectivity index (χ1v) is 6.24. The Bertz CT molecular complexity index is 575. The highest BCUT2D eigenvalue weighted by Gasteiger charge is 2.00. The molecule has 0 bridgehead atoms. The van der Waals surface area contributed by atoms with E-state index in [-0.39, 0.29) is 5.82 Å². The molecule has 0 aliphatic heterocycles. The lowest BCUT2D eigenvalue weighted by Crippen LogP contribution is -1.96. The zero-order chi connectivity index (χ0) is 13.7. The van der Waals surface area contributed by atoms with Crippen molar-refractivity contribution in [3.05, 3.63) is 77.6 Å². The van der Waals surface area contributed by atoms with Crippen molar-refractivity contribution in [2.24, 2.45) is 0 Å². The minimum Gasteiger partial charge on any atom is -0.489 e. The topological polar surface area (TPSA) is 9.23 Å². The van der Waals surface area contributed by atoms with Crippen LogP contribution in [0.1, 0.15) is 18.1 Å². The molecule has 2 heteroatoms.